The van der Waals surface area contributed by atoms with Crippen molar-refractivity contribution in [2.75, 3.05) is 0 Å². The molecule has 3 spiro atoms. The van der Waals surface area contributed by atoms with E-state index >= 15 is 4.79 Å². The monoisotopic (exact) mass is 887 g/mol. The number of aliphatic hydroxyl groups excluding tert-OH is 2. The molecule has 16 heteroatoms. The Balaban J connectivity index is 1.33. The number of carbonyl (C=O) groups excluding carboxylic acids is 3. The predicted octanol–water partition coefficient (Wildman–Crippen LogP) is 6.10. The third kappa shape index (κ3) is 9.52. The van der Waals surface area contributed by atoms with Crippen LogP contribution in [0.5, 0.6) is 0 Å². The number of terminal acetylenes is 1. The fourth-order valence-electron chi connectivity index (χ4n) is 10.8. The van der Waals surface area contributed by atoms with Crippen LogP contribution in [0.1, 0.15) is 152 Å². The minimum Gasteiger partial charge on any atom is -0.504 e. The van der Waals surface area contributed by atoms with E-state index < -0.39 is 120 Å². The lowest BCUT2D eigenvalue weighted by Gasteiger charge is -2.52. The Morgan fingerprint density at radius 3 is 2.03 bits per heavy atom. The lowest BCUT2D eigenvalue weighted by atomic mass is 9.73. The number of carbonyl (C=O) groups is 3. The fraction of sp³-hybridized carbons (Fsp3) is 0.851. The van der Waals surface area contributed by atoms with Crippen LogP contribution in [-0.4, -0.2) is 114 Å². The molecule has 0 aromatic heterocycles. The molecule has 2 N–H and O–H groups in total. The van der Waals surface area contributed by atoms with Crippen molar-refractivity contribution in [2.24, 2.45) is 22.7 Å². The maximum Gasteiger partial charge on any atom is 0.536 e. The molecule has 7 aliphatic rings. The standard InChI is InChI=1S/C47H72BO15/c1-10-11-12-16-22-39(51)55-30(4)33-19-14-13-15-20-35(49)44(6,7)37-25-23-29(3)47(58-37)41-43(53)57-34-27-32(54-31(34)5)18-17-21-36(50)45(8,9)38-26-24-28(2)46(59-38)40(42(52)56-33)60-48(61-41,62-46)63-47/h1,13-14,28-38,40-41,49-50H,11-12,15-27H2,2-9H3/q-1/b14-13-/t28-,29-,30-,31-,32-,33+,34+,35+,36-,37+,38+,40+,41+,46+,47+,48?/m1/s1. The average molecular weight is 888 g/mol. The maximum absolute atomic E-state index is 15.0. The summed E-state index contributed by atoms with van der Waals surface area (Å²) in [6.45, 7) is 11.5. The van der Waals surface area contributed by atoms with Gasteiger partial charge in [-0.1, -0.05) is 53.7 Å². The summed E-state index contributed by atoms with van der Waals surface area (Å²) < 4.78 is 66.1. The molecule has 6 saturated heterocycles. The van der Waals surface area contributed by atoms with E-state index in [4.69, 9.17) is 53.5 Å². The van der Waals surface area contributed by atoms with Gasteiger partial charge >= 0.3 is 24.9 Å². The Hall–Kier alpha value is -2.59. The second kappa shape index (κ2) is 19.0. The van der Waals surface area contributed by atoms with Gasteiger partial charge in [0, 0.05) is 48.3 Å². The zero-order valence-corrected chi connectivity index (χ0v) is 38.6. The van der Waals surface area contributed by atoms with Crippen LogP contribution in [0.4, 0.5) is 0 Å². The fourth-order valence-corrected chi connectivity index (χ4v) is 10.8. The van der Waals surface area contributed by atoms with Crippen LogP contribution in [-0.2, 0) is 61.4 Å². The van der Waals surface area contributed by atoms with Gasteiger partial charge < -0.3 is 57.3 Å². The van der Waals surface area contributed by atoms with Crippen LogP contribution in [0.25, 0.3) is 0 Å². The van der Waals surface area contributed by atoms with Crippen LogP contribution in [0.15, 0.2) is 12.2 Å². The Morgan fingerprint density at radius 2 is 1.43 bits per heavy atom. The third-order valence-electron chi connectivity index (χ3n) is 15.4. The van der Waals surface area contributed by atoms with Gasteiger partial charge in [-0.2, -0.15) is 0 Å². The minimum atomic E-state index is -3.52. The lowest BCUT2D eigenvalue weighted by molar-refractivity contribution is -0.311. The molecular weight excluding hydrogens is 815 g/mol. The Morgan fingerprint density at radius 1 is 0.841 bits per heavy atom. The Kier molecular flexibility index (Phi) is 14.5. The first kappa shape index (κ1) is 48.4. The normalized spacial score (nSPS) is 45.0. The summed E-state index contributed by atoms with van der Waals surface area (Å²) in [4.78, 5) is 42.8. The zero-order chi connectivity index (χ0) is 45.5. The molecule has 0 aromatic carbocycles. The SMILES string of the molecule is C#CCCCCC(=O)O[C@H](C)[C@@H]1C/C=C\CC[C@H](O)C(C)(C)[C@@H]2CC[C@@H](C)[C@]3(O2)O[B-]24O[C@@H](C(=O)O1)[C@@]1(O[C@@H](CC[C@H]1C)C(C)(C)[C@H](O)CCC[C@@H]1C[C@H](OC(=O)[C@@H]3O2)[C@@H](C)O1)O4. The topological polar surface area (TPSA) is 184 Å². The van der Waals surface area contributed by atoms with E-state index in [0.717, 1.165) is 0 Å². The molecule has 0 saturated carbocycles. The molecule has 0 amide bonds. The van der Waals surface area contributed by atoms with E-state index in [1.54, 1.807) is 6.92 Å². The number of unbranched alkanes of at least 4 members (excludes halogenated alkanes) is 2. The van der Waals surface area contributed by atoms with E-state index in [-0.39, 0.29) is 18.9 Å². The number of ether oxygens (including phenoxy) is 6. The van der Waals surface area contributed by atoms with Crippen molar-refractivity contribution < 1.29 is 71.6 Å². The van der Waals surface area contributed by atoms with E-state index in [1.807, 2.05) is 60.6 Å². The van der Waals surface area contributed by atoms with Gasteiger partial charge in [-0.3, -0.25) is 4.79 Å². The number of hydrogen-bond acceptors (Lipinski definition) is 15. The first-order valence-corrected chi connectivity index (χ1v) is 23.7. The zero-order valence-electron chi connectivity index (χ0n) is 38.6. The van der Waals surface area contributed by atoms with Crippen LogP contribution in [0.2, 0.25) is 0 Å². The van der Waals surface area contributed by atoms with E-state index in [2.05, 4.69) is 5.92 Å². The van der Waals surface area contributed by atoms with Crippen molar-refractivity contribution in [1.29, 1.82) is 0 Å². The van der Waals surface area contributed by atoms with Gasteiger partial charge in [-0.15, -0.1) is 12.3 Å². The van der Waals surface area contributed by atoms with Gasteiger partial charge in [0.05, 0.1) is 36.6 Å². The van der Waals surface area contributed by atoms with Crippen molar-refractivity contribution in [3.05, 3.63) is 12.2 Å². The molecule has 354 valence electrons. The number of aliphatic hydroxyl groups is 2. The van der Waals surface area contributed by atoms with Gasteiger partial charge in [0.15, 0.2) is 23.8 Å². The summed E-state index contributed by atoms with van der Waals surface area (Å²) in [6.07, 6.45) is 7.21. The van der Waals surface area contributed by atoms with E-state index in [0.29, 0.717) is 83.5 Å². The van der Waals surface area contributed by atoms with Crippen LogP contribution >= 0.6 is 0 Å². The van der Waals surface area contributed by atoms with Gasteiger partial charge in [0.1, 0.15) is 18.3 Å². The highest BCUT2D eigenvalue weighted by molar-refractivity contribution is 6.56. The number of rotatable bonds is 6. The molecule has 9 bridgehead atoms. The van der Waals surface area contributed by atoms with Crippen LogP contribution in [0, 0.1) is 35.0 Å². The van der Waals surface area contributed by atoms with Crippen molar-refractivity contribution in [3.8, 4) is 12.3 Å². The number of fused-ring (bicyclic) bond motifs is 6. The third-order valence-corrected chi connectivity index (χ3v) is 15.4. The van der Waals surface area contributed by atoms with Gasteiger partial charge in [0.2, 0.25) is 0 Å². The molecule has 6 fully saturated rings. The highest BCUT2D eigenvalue weighted by Gasteiger charge is 2.73. The maximum atomic E-state index is 15.0. The molecule has 7 rings (SSSR count). The van der Waals surface area contributed by atoms with E-state index in [1.165, 1.54) is 0 Å². The highest BCUT2D eigenvalue weighted by atomic mass is 17.0. The first-order valence-electron chi connectivity index (χ1n) is 23.7. The quantitative estimate of drug-likeness (QED) is 0.0779. The molecule has 0 aromatic rings. The van der Waals surface area contributed by atoms with Crippen LogP contribution < -0.4 is 0 Å². The number of allylic oxidation sites excluding steroid dienone is 1. The minimum absolute atomic E-state index is 0.146. The molecule has 1 unspecified atom stereocenters. The van der Waals surface area contributed by atoms with Gasteiger partial charge in [-0.25, -0.2) is 9.59 Å². The molecule has 16 atom stereocenters. The molecule has 63 heavy (non-hydrogen) atoms. The van der Waals surface area contributed by atoms with Gasteiger partial charge in [0.25, 0.3) is 0 Å². The van der Waals surface area contributed by atoms with Crippen LogP contribution in [0.3, 0.4) is 0 Å². The largest absolute Gasteiger partial charge is 0.536 e. The first-order chi connectivity index (χ1) is 29.8. The molecule has 0 aliphatic carbocycles. The molecular formula is C47H72BO15-. The summed E-state index contributed by atoms with van der Waals surface area (Å²) in [5.74, 6) is -4.29. The average Bonchev–Trinajstić information content (AvgIpc) is 3.86. The van der Waals surface area contributed by atoms with E-state index in [9.17, 15) is 19.8 Å². The molecule has 15 nitrogen and oxygen atoms in total. The Bertz CT molecular complexity index is 1730. The molecule has 7 aliphatic heterocycles. The number of hydrogen-bond donors (Lipinski definition) is 2. The summed E-state index contributed by atoms with van der Waals surface area (Å²) in [5.41, 5.74) is -1.67. The second-order valence-electron chi connectivity index (χ2n) is 20.6. The smallest absolute Gasteiger partial charge is 0.504 e. The number of cyclic esters (lactones) is 1. The van der Waals surface area contributed by atoms with Crippen molar-refractivity contribution in [3.63, 3.8) is 0 Å². The van der Waals surface area contributed by atoms with Gasteiger partial charge in [-0.05, 0) is 84.5 Å². The lowest BCUT2D eigenvalue weighted by Crippen LogP contribution is -2.61. The number of esters is 3. The summed E-state index contributed by atoms with van der Waals surface area (Å²) >= 11 is 0. The van der Waals surface area contributed by atoms with Crippen molar-refractivity contribution >= 4 is 24.9 Å². The second-order valence-corrected chi connectivity index (χ2v) is 20.6. The summed E-state index contributed by atoms with van der Waals surface area (Å²) in [5, 5.41) is 23.6. The predicted molar refractivity (Wildman–Crippen MR) is 228 cm³/mol. The summed E-state index contributed by atoms with van der Waals surface area (Å²) in [7, 11) is 0. The highest BCUT2D eigenvalue weighted by Crippen LogP contribution is 2.57. The molecule has 0 radical (unpaired) electrons. The summed E-state index contributed by atoms with van der Waals surface area (Å²) in [6, 6.07) is 0. The van der Waals surface area contributed by atoms with Crippen molar-refractivity contribution in [2.45, 2.75) is 230 Å². The molecule has 7 heterocycles. The Labute approximate surface area is 373 Å². The van der Waals surface area contributed by atoms with Crippen molar-refractivity contribution in [1.82, 2.24) is 0 Å².